The second kappa shape index (κ2) is 11.0. The van der Waals surface area contributed by atoms with E-state index < -0.39 is 6.10 Å². The Labute approximate surface area is 206 Å². The van der Waals surface area contributed by atoms with Gasteiger partial charge in [0.05, 0.1) is 12.7 Å². The largest absolute Gasteiger partial charge is 0.395 e. The third-order valence-electron chi connectivity index (χ3n) is 7.70. The molecule has 35 heavy (non-hydrogen) atoms. The molecule has 4 heterocycles. The summed E-state index contributed by atoms with van der Waals surface area (Å²) in [4.78, 5) is 28.1. The van der Waals surface area contributed by atoms with Crippen LogP contribution in [0.5, 0.6) is 0 Å². The highest BCUT2D eigenvalue weighted by atomic mass is 16.3. The Bertz CT molecular complexity index is 1010. The lowest BCUT2D eigenvalue weighted by atomic mass is 9.94. The third-order valence-corrected chi connectivity index (χ3v) is 7.70. The number of likely N-dealkylation sites (tertiary alicyclic amines) is 2. The molecule has 5 rings (SSSR count). The highest BCUT2D eigenvalue weighted by Gasteiger charge is 2.35. The average Bonchev–Trinajstić information content (AvgIpc) is 2.89. The first-order valence-corrected chi connectivity index (χ1v) is 12.8. The summed E-state index contributed by atoms with van der Waals surface area (Å²) in [5.41, 5.74) is 3.09. The van der Waals surface area contributed by atoms with Crippen LogP contribution in [0.15, 0.2) is 36.7 Å². The van der Waals surface area contributed by atoms with Crippen molar-refractivity contribution in [1.29, 1.82) is 0 Å². The molecule has 1 aromatic heterocycles. The van der Waals surface area contributed by atoms with Gasteiger partial charge in [-0.15, -0.1) is 0 Å². The number of hydrogen-bond acceptors (Lipinski definition) is 8. The normalized spacial score (nSPS) is 24.2. The van der Waals surface area contributed by atoms with Gasteiger partial charge in [-0.25, -0.2) is 9.97 Å². The first-order valence-electron chi connectivity index (χ1n) is 12.8. The van der Waals surface area contributed by atoms with Crippen molar-refractivity contribution in [3.05, 3.63) is 53.5 Å². The van der Waals surface area contributed by atoms with Crippen LogP contribution in [0.1, 0.15) is 40.9 Å². The highest BCUT2D eigenvalue weighted by Crippen LogP contribution is 2.26. The summed E-state index contributed by atoms with van der Waals surface area (Å²) in [6.45, 7) is 5.49. The predicted molar refractivity (Wildman–Crippen MR) is 133 cm³/mol. The maximum atomic E-state index is 13.2. The van der Waals surface area contributed by atoms with E-state index in [0.29, 0.717) is 31.1 Å². The first-order chi connectivity index (χ1) is 17.1. The molecule has 3 aliphatic heterocycles. The molecule has 0 aliphatic carbocycles. The summed E-state index contributed by atoms with van der Waals surface area (Å²) in [5.74, 6) is 0.501. The van der Waals surface area contributed by atoms with E-state index in [9.17, 15) is 9.90 Å². The van der Waals surface area contributed by atoms with Gasteiger partial charge < -0.3 is 25.3 Å². The van der Waals surface area contributed by atoms with Crippen LogP contribution in [0.4, 0.5) is 5.82 Å². The van der Waals surface area contributed by atoms with Crippen molar-refractivity contribution < 1.29 is 15.0 Å². The first kappa shape index (κ1) is 24.1. The zero-order chi connectivity index (χ0) is 24.2. The molecular weight excluding hydrogens is 444 g/mol. The summed E-state index contributed by atoms with van der Waals surface area (Å²) in [5, 5.41) is 23.5. The Kier molecular flexibility index (Phi) is 7.57. The molecule has 9 heteroatoms. The number of nitrogens with one attached hydrogen (secondary N) is 1. The molecule has 3 N–H and O–H groups in total. The second-order valence-electron chi connectivity index (χ2n) is 9.94. The van der Waals surface area contributed by atoms with Gasteiger partial charge in [0.2, 0.25) is 0 Å². The minimum absolute atomic E-state index is 0.0618. The minimum atomic E-state index is -0.582. The van der Waals surface area contributed by atoms with Gasteiger partial charge >= 0.3 is 0 Å². The van der Waals surface area contributed by atoms with Crippen molar-refractivity contribution in [2.45, 2.75) is 50.4 Å². The Morgan fingerprint density at radius 3 is 2.63 bits per heavy atom. The molecule has 2 atom stereocenters. The Balaban J connectivity index is 1.16. The summed E-state index contributed by atoms with van der Waals surface area (Å²) < 4.78 is 0. The lowest BCUT2D eigenvalue weighted by Gasteiger charge is -2.43. The van der Waals surface area contributed by atoms with Crippen LogP contribution in [-0.4, -0.2) is 105 Å². The minimum Gasteiger partial charge on any atom is -0.395 e. The summed E-state index contributed by atoms with van der Waals surface area (Å²) in [6, 6.07) is 10.6. The van der Waals surface area contributed by atoms with Crippen LogP contribution >= 0.6 is 0 Å². The van der Waals surface area contributed by atoms with E-state index in [1.165, 1.54) is 17.5 Å². The fourth-order valence-electron chi connectivity index (χ4n) is 5.70. The molecule has 0 saturated carbocycles. The van der Waals surface area contributed by atoms with Gasteiger partial charge in [-0.1, -0.05) is 24.3 Å². The number of carbonyl (C=O) groups excluding carboxylic acids is 1. The fraction of sp³-hybridized carbons (Fsp3) is 0.577. The van der Waals surface area contributed by atoms with Crippen molar-refractivity contribution in [1.82, 2.24) is 24.7 Å². The second-order valence-corrected chi connectivity index (χ2v) is 9.94. The molecule has 0 spiro atoms. The number of benzene rings is 1. The Morgan fingerprint density at radius 1 is 1.06 bits per heavy atom. The van der Waals surface area contributed by atoms with Crippen molar-refractivity contribution in [2.75, 3.05) is 51.2 Å². The van der Waals surface area contributed by atoms with Gasteiger partial charge in [0, 0.05) is 64.0 Å². The van der Waals surface area contributed by atoms with Gasteiger partial charge in [-0.2, -0.15) is 0 Å². The monoisotopic (exact) mass is 480 g/mol. The molecule has 9 nitrogen and oxygen atoms in total. The Hall–Kier alpha value is -2.59. The average molecular weight is 481 g/mol. The maximum Gasteiger partial charge on any atom is 0.272 e. The van der Waals surface area contributed by atoms with Crippen LogP contribution in [-0.2, 0) is 13.0 Å². The smallest absolute Gasteiger partial charge is 0.272 e. The predicted octanol–water partition coefficient (Wildman–Crippen LogP) is 0.979. The van der Waals surface area contributed by atoms with Gasteiger partial charge in [0.25, 0.3) is 5.91 Å². The molecular formula is C26H36N6O3. The number of piperidine rings is 2. The third kappa shape index (κ3) is 5.64. The van der Waals surface area contributed by atoms with Crippen LogP contribution in [0.2, 0.25) is 0 Å². The number of aliphatic hydroxyl groups excluding tert-OH is 2. The Morgan fingerprint density at radius 2 is 1.86 bits per heavy atom. The number of hydrogen-bond donors (Lipinski definition) is 3. The van der Waals surface area contributed by atoms with E-state index in [1.54, 1.807) is 11.0 Å². The quantitative estimate of drug-likeness (QED) is 0.562. The molecule has 1 amide bonds. The lowest BCUT2D eigenvalue weighted by molar-refractivity contribution is -0.0139. The van der Waals surface area contributed by atoms with E-state index in [1.807, 2.05) is 0 Å². The summed E-state index contributed by atoms with van der Waals surface area (Å²) in [6.07, 6.45) is 4.53. The molecule has 2 unspecified atom stereocenters. The van der Waals surface area contributed by atoms with Crippen LogP contribution < -0.4 is 5.32 Å². The molecule has 188 valence electrons. The molecule has 1 aromatic carbocycles. The van der Waals surface area contributed by atoms with Crippen LogP contribution in [0, 0.1) is 0 Å². The SMILES string of the molecule is O=C(c1cc(NC2CCN(CCO)CC2)ncn1)N1CCC(N2CCc3ccccc3C2)C(O)C1. The zero-order valence-electron chi connectivity index (χ0n) is 20.2. The molecule has 2 fully saturated rings. The van der Waals surface area contributed by atoms with E-state index in [0.717, 1.165) is 51.9 Å². The van der Waals surface area contributed by atoms with Gasteiger partial charge in [-0.05, 0) is 36.8 Å². The number of aromatic nitrogens is 2. The van der Waals surface area contributed by atoms with Crippen molar-refractivity contribution in [3.63, 3.8) is 0 Å². The van der Waals surface area contributed by atoms with Gasteiger partial charge in [0.1, 0.15) is 17.8 Å². The van der Waals surface area contributed by atoms with Crippen molar-refractivity contribution in [2.24, 2.45) is 0 Å². The maximum absolute atomic E-state index is 13.2. The number of amides is 1. The van der Waals surface area contributed by atoms with E-state index in [-0.39, 0.29) is 24.6 Å². The molecule has 2 saturated heterocycles. The van der Waals surface area contributed by atoms with E-state index in [4.69, 9.17) is 5.11 Å². The number of nitrogens with zero attached hydrogens (tertiary/aromatic N) is 5. The van der Waals surface area contributed by atoms with Gasteiger partial charge in [-0.3, -0.25) is 9.69 Å². The fourth-order valence-corrected chi connectivity index (χ4v) is 5.70. The summed E-state index contributed by atoms with van der Waals surface area (Å²) in [7, 11) is 0. The topological polar surface area (TPSA) is 105 Å². The van der Waals surface area contributed by atoms with Crippen LogP contribution in [0.25, 0.3) is 0 Å². The van der Waals surface area contributed by atoms with Gasteiger partial charge in [0.15, 0.2) is 0 Å². The number of aliphatic hydroxyl groups is 2. The van der Waals surface area contributed by atoms with Crippen molar-refractivity contribution in [3.8, 4) is 0 Å². The number of rotatable bonds is 6. The summed E-state index contributed by atoms with van der Waals surface area (Å²) >= 11 is 0. The number of β-amino-alcohol motifs (C(OH)–C–C–N with tert-alkyl or cyclic N) is 2. The van der Waals surface area contributed by atoms with E-state index >= 15 is 0 Å². The van der Waals surface area contributed by atoms with E-state index in [2.05, 4.69) is 49.4 Å². The number of anilines is 1. The van der Waals surface area contributed by atoms with Crippen molar-refractivity contribution >= 4 is 11.7 Å². The number of carbonyl (C=O) groups is 1. The lowest BCUT2D eigenvalue weighted by Crippen LogP contribution is -2.56. The highest BCUT2D eigenvalue weighted by molar-refractivity contribution is 5.93. The standard InChI is InChI=1S/C26H36N6O3/c33-14-13-30-9-6-21(7-10-30)29-25-15-22(27-18-28-25)26(35)32-12-8-23(24(34)17-32)31-11-5-19-3-1-2-4-20(19)16-31/h1-4,15,18,21,23-24,33-34H,5-14,16-17H2,(H,27,28,29). The molecule has 0 radical (unpaired) electrons. The molecule has 3 aliphatic rings. The van der Waals surface area contributed by atoms with Crippen LogP contribution in [0.3, 0.4) is 0 Å². The zero-order valence-corrected chi connectivity index (χ0v) is 20.2. The molecule has 2 aromatic rings. The number of fused-ring (bicyclic) bond motifs is 1. The molecule has 0 bridgehead atoms.